The zero-order chi connectivity index (χ0) is 14.6. The number of amides is 1. The first-order valence-corrected chi connectivity index (χ1v) is 6.89. The topological polar surface area (TPSA) is 41.1 Å². The zero-order valence-electron chi connectivity index (χ0n) is 13.0. The molecule has 0 saturated carbocycles. The van der Waals surface area contributed by atoms with Gasteiger partial charge in [0.1, 0.15) is 0 Å². The summed E-state index contributed by atoms with van der Waals surface area (Å²) in [5.41, 5.74) is 6.37. The molecule has 0 spiro atoms. The molecule has 0 aliphatic carbocycles. The van der Waals surface area contributed by atoms with Crippen LogP contribution in [0.1, 0.15) is 41.7 Å². The predicted molar refractivity (Wildman–Crippen MR) is 80.4 cm³/mol. The Bertz CT molecular complexity index is 438. The fourth-order valence-electron chi connectivity index (χ4n) is 2.11. The third kappa shape index (κ3) is 4.35. The van der Waals surface area contributed by atoms with Gasteiger partial charge in [0.15, 0.2) is 0 Å². The van der Waals surface area contributed by atoms with Gasteiger partial charge in [0.25, 0.3) is 0 Å². The van der Waals surface area contributed by atoms with Crippen LogP contribution in [0.4, 0.5) is 0 Å². The highest BCUT2D eigenvalue weighted by atomic mass is 16.1. The van der Waals surface area contributed by atoms with Crippen LogP contribution in [0.15, 0.2) is 6.07 Å². The Balaban J connectivity index is 2.70. The van der Waals surface area contributed by atoms with Gasteiger partial charge in [-0.2, -0.15) is 0 Å². The van der Waals surface area contributed by atoms with E-state index in [4.69, 9.17) is 0 Å². The Labute approximate surface area is 116 Å². The minimum Gasteiger partial charge on any atom is -0.351 e. The zero-order valence-corrected chi connectivity index (χ0v) is 13.0. The highest BCUT2D eigenvalue weighted by Crippen LogP contribution is 2.21. The molecule has 0 heterocycles. The lowest BCUT2D eigenvalue weighted by Gasteiger charge is -2.16. The second-order valence-corrected chi connectivity index (χ2v) is 5.55. The minimum absolute atomic E-state index is 0.0478. The van der Waals surface area contributed by atoms with Crippen LogP contribution in [-0.4, -0.2) is 18.5 Å². The summed E-state index contributed by atoms with van der Waals surface area (Å²) < 4.78 is 0. The summed E-state index contributed by atoms with van der Waals surface area (Å²) >= 11 is 0. The molecule has 2 N–H and O–H groups in total. The average Bonchev–Trinajstić information content (AvgIpc) is 2.34. The quantitative estimate of drug-likeness (QED) is 0.856. The van der Waals surface area contributed by atoms with Crippen molar-refractivity contribution in [3.05, 3.63) is 33.9 Å². The molecule has 1 aromatic carbocycles. The highest BCUT2D eigenvalue weighted by Gasteiger charge is 2.09. The lowest BCUT2D eigenvalue weighted by molar-refractivity contribution is -0.120. The van der Waals surface area contributed by atoms with Crippen LogP contribution in [0, 0.1) is 27.7 Å². The van der Waals surface area contributed by atoms with E-state index in [-0.39, 0.29) is 5.91 Å². The average molecular weight is 262 g/mol. The molecule has 0 atom stereocenters. The molecule has 0 saturated heterocycles. The highest BCUT2D eigenvalue weighted by molar-refractivity contribution is 5.78. The van der Waals surface area contributed by atoms with E-state index in [2.05, 4.69) is 44.4 Å². The number of benzene rings is 1. The van der Waals surface area contributed by atoms with Crippen molar-refractivity contribution in [1.82, 2.24) is 10.6 Å². The first-order chi connectivity index (χ1) is 8.82. The molecule has 1 rings (SSSR count). The van der Waals surface area contributed by atoms with Crippen molar-refractivity contribution in [1.29, 1.82) is 0 Å². The standard InChI is InChI=1S/C16H26N2O/c1-10(2)17-9-16(19)18-8-15-13(5)11(3)7-12(4)14(15)6/h7,10,17H,8-9H2,1-6H3,(H,18,19). The fourth-order valence-corrected chi connectivity index (χ4v) is 2.11. The summed E-state index contributed by atoms with van der Waals surface area (Å²) in [6.07, 6.45) is 0. The number of rotatable bonds is 5. The van der Waals surface area contributed by atoms with Gasteiger partial charge in [0, 0.05) is 12.6 Å². The van der Waals surface area contributed by atoms with E-state index in [0.717, 1.165) is 0 Å². The molecule has 0 radical (unpaired) electrons. The summed E-state index contributed by atoms with van der Waals surface area (Å²) in [6.45, 7) is 13.5. The largest absolute Gasteiger partial charge is 0.351 e. The third-order valence-corrected chi connectivity index (χ3v) is 3.65. The van der Waals surface area contributed by atoms with Crippen molar-refractivity contribution in [2.24, 2.45) is 0 Å². The Morgan fingerprint density at radius 2 is 1.63 bits per heavy atom. The van der Waals surface area contributed by atoms with Gasteiger partial charge in [0.2, 0.25) is 5.91 Å². The van der Waals surface area contributed by atoms with Crippen LogP contribution in [0.2, 0.25) is 0 Å². The van der Waals surface area contributed by atoms with E-state index in [0.29, 0.717) is 19.1 Å². The van der Waals surface area contributed by atoms with Crippen LogP contribution in [0.3, 0.4) is 0 Å². The number of hydrogen-bond donors (Lipinski definition) is 2. The molecule has 1 aromatic rings. The van der Waals surface area contributed by atoms with Gasteiger partial charge in [-0.1, -0.05) is 19.9 Å². The summed E-state index contributed by atoms with van der Waals surface area (Å²) in [4.78, 5) is 11.7. The molecule has 0 bridgehead atoms. The van der Waals surface area contributed by atoms with Crippen molar-refractivity contribution in [3.8, 4) is 0 Å². The lowest BCUT2D eigenvalue weighted by atomic mass is 9.94. The summed E-state index contributed by atoms with van der Waals surface area (Å²) in [6, 6.07) is 2.53. The molecule has 0 aliphatic heterocycles. The molecule has 3 nitrogen and oxygen atoms in total. The van der Waals surface area contributed by atoms with Gasteiger partial charge in [-0.05, 0) is 55.5 Å². The normalized spacial score (nSPS) is 10.9. The van der Waals surface area contributed by atoms with E-state index in [1.165, 1.54) is 27.8 Å². The number of aryl methyl sites for hydroxylation is 2. The maximum atomic E-state index is 11.7. The summed E-state index contributed by atoms with van der Waals surface area (Å²) in [7, 11) is 0. The molecule has 19 heavy (non-hydrogen) atoms. The van der Waals surface area contributed by atoms with Gasteiger partial charge in [-0.25, -0.2) is 0 Å². The maximum Gasteiger partial charge on any atom is 0.234 e. The summed E-state index contributed by atoms with van der Waals surface area (Å²) in [5.74, 6) is 0.0478. The van der Waals surface area contributed by atoms with Crippen molar-refractivity contribution in [3.63, 3.8) is 0 Å². The van der Waals surface area contributed by atoms with Crippen LogP contribution >= 0.6 is 0 Å². The first-order valence-electron chi connectivity index (χ1n) is 6.89. The van der Waals surface area contributed by atoms with Crippen molar-refractivity contribution in [2.75, 3.05) is 6.54 Å². The van der Waals surface area contributed by atoms with Gasteiger partial charge < -0.3 is 10.6 Å². The third-order valence-electron chi connectivity index (χ3n) is 3.65. The van der Waals surface area contributed by atoms with E-state index in [9.17, 15) is 4.79 Å². The van der Waals surface area contributed by atoms with Gasteiger partial charge in [-0.3, -0.25) is 4.79 Å². The van der Waals surface area contributed by atoms with Gasteiger partial charge in [0.05, 0.1) is 6.54 Å². The molecule has 3 heteroatoms. The van der Waals surface area contributed by atoms with Crippen LogP contribution in [0.5, 0.6) is 0 Å². The van der Waals surface area contributed by atoms with Crippen LogP contribution in [0.25, 0.3) is 0 Å². The first kappa shape index (κ1) is 15.7. The molecule has 0 fully saturated rings. The van der Waals surface area contributed by atoms with Crippen LogP contribution < -0.4 is 10.6 Å². The Hall–Kier alpha value is -1.35. The molecule has 0 aliphatic rings. The second kappa shape index (κ2) is 6.71. The monoisotopic (exact) mass is 262 g/mol. The molecular weight excluding hydrogens is 236 g/mol. The van der Waals surface area contributed by atoms with Crippen molar-refractivity contribution < 1.29 is 4.79 Å². The number of carbonyl (C=O) groups excluding carboxylic acids is 1. The van der Waals surface area contributed by atoms with E-state index in [1.807, 2.05) is 13.8 Å². The number of hydrogen-bond acceptors (Lipinski definition) is 2. The maximum absolute atomic E-state index is 11.7. The molecule has 0 aromatic heterocycles. The molecule has 0 unspecified atom stereocenters. The van der Waals surface area contributed by atoms with E-state index < -0.39 is 0 Å². The predicted octanol–water partition coefficient (Wildman–Crippen LogP) is 2.53. The minimum atomic E-state index is 0.0478. The number of carbonyl (C=O) groups is 1. The van der Waals surface area contributed by atoms with Crippen LogP contribution in [-0.2, 0) is 11.3 Å². The van der Waals surface area contributed by atoms with Crippen molar-refractivity contribution >= 4 is 5.91 Å². The second-order valence-electron chi connectivity index (χ2n) is 5.55. The Morgan fingerprint density at radius 1 is 1.11 bits per heavy atom. The van der Waals surface area contributed by atoms with Gasteiger partial charge >= 0.3 is 0 Å². The molecule has 1 amide bonds. The SMILES string of the molecule is Cc1cc(C)c(C)c(CNC(=O)CNC(C)C)c1C. The molecule has 106 valence electrons. The Kier molecular flexibility index (Phi) is 5.55. The van der Waals surface area contributed by atoms with Gasteiger partial charge in [-0.15, -0.1) is 0 Å². The summed E-state index contributed by atoms with van der Waals surface area (Å²) in [5, 5.41) is 6.11. The van der Waals surface area contributed by atoms with Crippen molar-refractivity contribution in [2.45, 2.75) is 54.1 Å². The lowest BCUT2D eigenvalue weighted by Crippen LogP contribution is -2.36. The Morgan fingerprint density at radius 3 is 2.11 bits per heavy atom. The number of nitrogens with one attached hydrogen (secondary N) is 2. The smallest absolute Gasteiger partial charge is 0.234 e. The van der Waals surface area contributed by atoms with E-state index in [1.54, 1.807) is 0 Å². The fraction of sp³-hybridized carbons (Fsp3) is 0.562. The van der Waals surface area contributed by atoms with E-state index >= 15 is 0 Å². The molecular formula is C16H26N2O.